The maximum absolute atomic E-state index is 12.3. The number of ether oxygens (including phenoxy) is 1. The quantitative estimate of drug-likeness (QED) is 0.687. The van der Waals surface area contributed by atoms with Gasteiger partial charge in [-0.3, -0.25) is 14.4 Å². The first-order chi connectivity index (χ1) is 13.6. The zero-order valence-electron chi connectivity index (χ0n) is 15.4. The summed E-state index contributed by atoms with van der Waals surface area (Å²) < 4.78 is 5.35. The van der Waals surface area contributed by atoms with Crippen LogP contribution in [-0.2, 0) is 14.3 Å². The van der Waals surface area contributed by atoms with Crippen LogP contribution in [0.1, 0.15) is 29.6 Å². The number of nitrogens with one attached hydrogen (secondary N) is 3. The molecule has 7 nitrogen and oxygen atoms in total. The Morgan fingerprint density at radius 3 is 2.50 bits per heavy atom. The van der Waals surface area contributed by atoms with E-state index in [2.05, 4.69) is 16.0 Å². The van der Waals surface area contributed by atoms with Crippen molar-refractivity contribution in [3.8, 4) is 0 Å². The van der Waals surface area contributed by atoms with E-state index in [1.807, 2.05) is 18.2 Å². The summed E-state index contributed by atoms with van der Waals surface area (Å²) in [6.07, 6.45) is 1.31. The van der Waals surface area contributed by atoms with Crippen molar-refractivity contribution in [2.45, 2.75) is 25.4 Å². The van der Waals surface area contributed by atoms with Crippen LogP contribution in [0.5, 0.6) is 0 Å². The molecule has 1 atom stereocenters. The van der Waals surface area contributed by atoms with Crippen molar-refractivity contribution < 1.29 is 19.1 Å². The van der Waals surface area contributed by atoms with Crippen molar-refractivity contribution >= 4 is 29.1 Å². The largest absolute Gasteiger partial charge is 0.368 e. The first-order valence-corrected chi connectivity index (χ1v) is 9.27. The van der Waals surface area contributed by atoms with Gasteiger partial charge in [0.2, 0.25) is 5.91 Å². The van der Waals surface area contributed by atoms with Crippen molar-refractivity contribution in [3.05, 3.63) is 60.2 Å². The molecule has 146 valence electrons. The lowest BCUT2D eigenvalue weighted by Gasteiger charge is -2.11. The molecule has 2 aromatic carbocycles. The third-order valence-corrected chi connectivity index (χ3v) is 4.31. The zero-order chi connectivity index (χ0) is 19.8. The molecule has 0 aromatic heterocycles. The molecule has 28 heavy (non-hydrogen) atoms. The van der Waals surface area contributed by atoms with E-state index in [1.54, 1.807) is 36.4 Å². The molecule has 0 saturated carbocycles. The number of benzene rings is 2. The van der Waals surface area contributed by atoms with E-state index in [4.69, 9.17) is 4.74 Å². The van der Waals surface area contributed by atoms with Gasteiger partial charge in [-0.25, -0.2) is 0 Å². The summed E-state index contributed by atoms with van der Waals surface area (Å²) in [6.45, 7) is 0.808. The van der Waals surface area contributed by atoms with Gasteiger partial charge in [-0.1, -0.05) is 24.3 Å². The van der Waals surface area contributed by atoms with E-state index >= 15 is 0 Å². The first kappa shape index (κ1) is 19.6. The molecule has 0 aliphatic carbocycles. The lowest BCUT2D eigenvalue weighted by Crippen LogP contribution is -2.28. The van der Waals surface area contributed by atoms with Gasteiger partial charge >= 0.3 is 0 Å². The highest BCUT2D eigenvalue weighted by atomic mass is 16.5. The third kappa shape index (κ3) is 5.65. The number of para-hydroxylation sites is 1. The van der Waals surface area contributed by atoms with Gasteiger partial charge in [0.05, 0.1) is 0 Å². The number of carbonyl (C=O) groups is 3. The second-order valence-corrected chi connectivity index (χ2v) is 6.49. The lowest BCUT2D eigenvalue weighted by atomic mass is 10.1. The summed E-state index contributed by atoms with van der Waals surface area (Å²) in [7, 11) is 0. The van der Waals surface area contributed by atoms with Crippen molar-refractivity contribution in [2.75, 3.05) is 23.8 Å². The van der Waals surface area contributed by atoms with Gasteiger partial charge in [-0.05, 0) is 43.2 Å². The summed E-state index contributed by atoms with van der Waals surface area (Å²) in [5.74, 6) is -0.683. The summed E-state index contributed by atoms with van der Waals surface area (Å²) in [6, 6.07) is 15.8. The summed E-state index contributed by atoms with van der Waals surface area (Å²) in [5, 5.41) is 8.25. The van der Waals surface area contributed by atoms with E-state index in [0.29, 0.717) is 30.0 Å². The lowest BCUT2D eigenvalue weighted by molar-refractivity contribution is -0.124. The van der Waals surface area contributed by atoms with Gasteiger partial charge in [-0.2, -0.15) is 0 Å². The predicted octanol–water partition coefficient (Wildman–Crippen LogP) is 2.56. The highest BCUT2D eigenvalue weighted by molar-refractivity contribution is 5.98. The van der Waals surface area contributed by atoms with Crippen molar-refractivity contribution in [2.24, 2.45) is 0 Å². The SMILES string of the molecule is O=C(CCNC(=O)c1cccc(NC(=O)[C@@H]2CCCO2)c1)Nc1ccccc1. The van der Waals surface area contributed by atoms with Crippen LogP contribution in [0.25, 0.3) is 0 Å². The Bertz CT molecular complexity index is 833. The van der Waals surface area contributed by atoms with Crippen molar-refractivity contribution in [3.63, 3.8) is 0 Å². The number of amides is 3. The van der Waals surface area contributed by atoms with E-state index in [9.17, 15) is 14.4 Å². The molecule has 3 amide bonds. The van der Waals surface area contributed by atoms with Crippen LogP contribution >= 0.6 is 0 Å². The fourth-order valence-corrected chi connectivity index (χ4v) is 2.88. The first-order valence-electron chi connectivity index (χ1n) is 9.27. The third-order valence-electron chi connectivity index (χ3n) is 4.31. The molecule has 0 bridgehead atoms. The molecule has 1 heterocycles. The van der Waals surface area contributed by atoms with Crippen LogP contribution in [0.4, 0.5) is 11.4 Å². The van der Waals surface area contributed by atoms with Gasteiger partial charge < -0.3 is 20.7 Å². The Hall–Kier alpha value is -3.19. The fourth-order valence-electron chi connectivity index (χ4n) is 2.88. The van der Waals surface area contributed by atoms with E-state index in [-0.39, 0.29) is 30.7 Å². The van der Waals surface area contributed by atoms with Crippen LogP contribution in [0, 0.1) is 0 Å². The Morgan fingerprint density at radius 1 is 0.964 bits per heavy atom. The second kappa shape index (κ2) is 9.66. The Balaban J connectivity index is 1.46. The van der Waals surface area contributed by atoms with Crippen LogP contribution in [0.15, 0.2) is 54.6 Å². The molecule has 0 unspecified atom stereocenters. The number of hydrogen-bond acceptors (Lipinski definition) is 4. The fraction of sp³-hybridized carbons (Fsp3) is 0.286. The minimum Gasteiger partial charge on any atom is -0.368 e. The van der Waals surface area contributed by atoms with Gasteiger partial charge in [0.15, 0.2) is 0 Å². The van der Waals surface area contributed by atoms with Crippen LogP contribution in [0.3, 0.4) is 0 Å². The van der Waals surface area contributed by atoms with Crippen molar-refractivity contribution in [1.29, 1.82) is 0 Å². The molecule has 1 aliphatic rings. The van der Waals surface area contributed by atoms with Gasteiger partial charge in [0.25, 0.3) is 11.8 Å². The van der Waals surface area contributed by atoms with Gasteiger partial charge in [-0.15, -0.1) is 0 Å². The Morgan fingerprint density at radius 2 is 1.75 bits per heavy atom. The summed E-state index contributed by atoms with van der Waals surface area (Å²) >= 11 is 0. The number of carbonyl (C=O) groups excluding carboxylic acids is 3. The monoisotopic (exact) mass is 381 g/mol. The van der Waals surface area contributed by atoms with Gasteiger partial charge in [0, 0.05) is 36.5 Å². The average Bonchev–Trinajstić information content (AvgIpc) is 3.24. The van der Waals surface area contributed by atoms with Crippen LogP contribution in [0.2, 0.25) is 0 Å². The molecule has 1 fully saturated rings. The predicted molar refractivity (Wildman–Crippen MR) is 106 cm³/mol. The van der Waals surface area contributed by atoms with Crippen LogP contribution < -0.4 is 16.0 Å². The van der Waals surface area contributed by atoms with Gasteiger partial charge in [0.1, 0.15) is 6.10 Å². The molecule has 1 aliphatic heterocycles. The van der Waals surface area contributed by atoms with E-state index < -0.39 is 6.10 Å². The Labute approximate surface area is 163 Å². The number of hydrogen-bond donors (Lipinski definition) is 3. The van der Waals surface area contributed by atoms with E-state index in [0.717, 1.165) is 6.42 Å². The molecule has 3 N–H and O–H groups in total. The molecule has 0 spiro atoms. The molecule has 3 rings (SSSR count). The molecule has 7 heteroatoms. The normalized spacial score (nSPS) is 15.6. The van der Waals surface area contributed by atoms with Crippen molar-refractivity contribution in [1.82, 2.24) is 5.32 Å². The smallest absolute Gasteiger partial charge is 0.253 e. The maximum Gasteiger partial charge on any atom is 0.253 e. The summed E-state index contributed by atoms with van der Waals surface area (Å²) in [4.78, 5) is 36.3. The molecular weight excluding hydrogens is 358 g/mol. The average molecular weight is 381 g/mol. The molecule has 2 aromatic rings. The van der Waals surface area contributed by atoms with E-state index in [1.165, 1.54) is 0 Å². The topological polar surface area (TPSA) is 96.5 Å². The second-order valence-electron chi connectivity index (χ2n) is 6.49. The standard InChI is InChI=1S/C21H23N3O4/c25-19(23-16-7-2-1-3-8-16)11-12-22-20(26)15-6-4-9-17(14-15)24-21(27)18-10-5-13-28-18/h1-4,6-9,14,18H,5,10-13H2,(H,22,26)(H,23,25)(H,24,27)/t18-/m0/s1. The zero-order valence-corrected chi connectivity index (χ0v) is 15.4. The highest BCUT2D eigenvalue weighted by Crippen LogP contribution is 2.16. The minimum atomic E-state index is -0.430. The maximum atomic E-state index is 12.3. The molecule has 1 saturated heterocycles. The minimum absolute atomic E-state index is 0.163. The highest BCUT2D eigenvalue weighted by Gasteiger charge is 2.23. The number of anilines is 2. The van der Waals surface area contributed by atoms with Crippen LogP contribution in [-0.4, -0.2) is 37.0 Å². The summed E-state index contributed by atoms with van der Waals surface area (Å²) in [5.41, 5.74) is 1.66. The Kier molecular flexibility index (Phi) is 6.75. The molecular formula is C21H23N3O4. The molecule has 0 radical (unpaired) electrons. The number of rotatable bonds is 7.